The van der Waals surface area contributed by atoms with Gasteiger partial charge in [-0.1, -0.05) is 29.3 Å². The van der Waals surface area contributed by atoms with Crippen LogP contribution in [-0.2, 0) is 14.8 Å². The monoisotopic (exact) mass is 380 g/mol. The van der Waals surface area contributed by atoms with Crippen molar-refractivity contribution >= 4 is 33.2 Å². The minimum Gasteiger partial charge on any atom is -0.373 e. The molecule has 1 fully saturated rings. The number of ether oxygens (including phenoxy) is 1. The lowest BCUT2D eigenvalue weighted by atomic mass is 10.2. The largest absolute Gasteiger partial charge is 0.373 e. The van der Waals surface area contributed by atoms with E-state index in [4.69, 9.17) is 27.9 Å². The molecule has 2 atom stereocenters. The van der Waals surface area contributed by atoms with Gasteiger partial charge in [0.15, 0.2) is 0 Å². The molecule has 0 aliphatic carbocycles. The van der Waals surface area contributed by atoms with Crippen molar-refractivity contribution in [3.63, 3.8) is 0 Å². The van der Waals surface area contributed by atoms with Crippen LogP contribution in [-0.4, -0.2) is 51.7 Å². The Labute approximate surface area is 148 Å². The molecule has 0 radical (unpaired) electrons. The highest BCUT2D eigenvalue weighted by molar-refractivity contribution is 7.89. The Bertz CT molecular complexity index is 609. The zero-order valence-electron chi connectivity index (χ0n) is 13.3. The number of benzene rings is 1. The van der Waals surface area contributed by atoms with Gasteiger partial charge in [-0.2, -0.15) is 0 Å². The van der Waals surface area contributed by atoms with E-state index < -0.39 is 10.0 Å². The molecule has 1 heterocycles. The molecule has 1 aliphatic heterocycles. The summed E-state index contributed by atoms with van der Waals surface area (Å²) in [7, 11) is -3.70. The first kappa shape index (κ1) is 19.0. The van der Waals surface area contributed by atoms with Crippen LogP contribution in [0.15, 0.2) is 23.1 Å². The second-order valence-corrected chi connectivity index (χ2v) is 8.34. The molecule has 1 saturated heterocycles. The number of nitrogens with one attached hydrogen (secondary N) is 1. The highest BCUT2D eigenvalue weighted by atomic mass is 35.5. The number of sulfonamides is 1. The van der Waals surface area contributed by atoms with E-state index in [9.17, 15) is 8.42 Å². The van der Waals surface area contributed by atoms with Crippen LogP contribution >= 0.6 is 23.2 Å². The third-order valence-corrected chi connectivity index (χ3v) is 6.04. The molecule has 5 nitrogen and oxygen atoms in total. The minimum absolute atomic E-state index is 0.0584. The number of halogens is 2. The number of hydrogen-bond donors (Lipinski definition) is 1. The topological polar surface area (TPSA) is 58.6 Å². The van der Waals surface area contributed by atoms with Crippen molar-refractivity contribution in [3.8, 4) is 0 Å². The Morgan fingerprint density at radius 2 is 1.78 bits per heavy atom. The van der Waals surface area contributed by atoms with Crippen molar-refractivity contribution < 1.29 is 13.2 Å². The van der Waals surface area contributed by atoms with Crippen LogP contribution in [0.2, 0.25) is 10.0 Å². The SMILES string of the molecule is CC1CN(CCCNS(=O)(=O)c2c(Cl)cccc2Cl)CC(C)O1. The van der Waals surface area contributed by atoms with E-state index in [1.165, 1.54) is 12.1 Å². The van der Waals surface area contributed by atoms with Crippen molar-refractivity contribution in [2.75, 3.05) is 26.2 Å². The van der Waals surface area contributed by atoms with Gasteiger partial charge >= 0.3 is 0 Å². The molecule has 1 aromatic rings. The summed E-state index contributed by atoms with van der Waals surface area (Å²) < 4.78 is 32.9. The van der Waals surface area contributed by atoms with E-state index in [1.807, 2.05) is 13.8 Å². The van der Waals surface area contributed by atoms with Gasteiger partial charge in [-0.05, 0) is 38.9 Å². The standard InChI is InChI=1S/C15H22Cl2N2O3S/c1-11-9-19(10-12(2)22-11)8-4-7-18-23(20,21)15-13(16)5-3-6-14(15)17/h3,5-6,11-12,18H,4,7-10H2,1-2H3. The Morgan fingerprint density at radius 3 is 2.35 bits per heavy atom. The molecule has 2 unspecified atom stereocenters. The van der Waals surface area contributed by atoms with E-state index >= 15 is 0 Å². The maximum atomic E-state index is 12.3. The second kappa shape index (κ2) is 8.14. The second-order valence-electron chi connectivity index (χ2n) is 5.82. The zero-order chi connectivity index (χ0) is 17.0. The summed E-state index contributed by atoms with van der Waals surface area (Å²) in [4.78, 5) is 2.23. The van der Waals surface area contributed by atoms with Crippen LogP contribution < -0.4 is 4.72 Å². The van der Waals surface area contributed by atoms with Crippen molar-refractivity contribution in [3.05, 3.63) is 28.2 Å². The fourth-order valence-corrected chi connectivity index (χ4v) is 5.00. The molecule has 1 aliphatic rings. The first-order chi connectivity index (χ1) is 10.8. The summed E-state index contributed by atoms with van der Waals surface area (Å²) in [5, 5.41) is 0.252. The maximum absolute atomic E-state index is 12.3. The van der Waals surface area contributed by atoms with Gasteiger partial charge in [-0.15, -0.1) is 0 Å². The molecular formula is C15H22Cl2N2O3S. The number of rotatable bonds is 6. The van der Waals surface area contributed by atoms with Crippen molar-refractivity contribution in [1.29, 1.82) is 0 Å². The van der Waals surface area contributed by atoms with Gasteiger partial charge in [0.25, 0.3) is 0 Å². The van der Waals surface area contributed by atoms with Crippen molar-refractivity contribution in [2.24, 2.45) is 0 Å². The fourth-order valence-electron chi connectivity index (χ4n) is 2.79. The lowest BCUT2D eigenvalue weighted by Crippen LogP contribution is -2.46. The summed E-state index contributed by atoms with van der Waals surface area (Å²) >= 11 is 11.9. The van der Waals surface area contributed by atoms with Gasteiger partial charge in [0.05, 0.1) is 22.3 Å². The average Bonchev–Trinajstić information content (AvgIpc) is 2.42. The first-order valence-electron chi connectivity index (χ1n) is 7.61. The van der Waals surface area contributed by atoms with Crippen LogP contribution in [0.5, 0.6) is 0 Å². The molecule has 8 heteroatoms. The lowest BCUT2D eigenvalue weighted by molar-refractivity contribution is -0.0679. The van der Waals surface area contributed by atoms with Gasteiger partial charge in [-0.3, -0.25) is 4.90 Å². The first-order valence-corrected chi connectivity index (χ1v) is 9.85. The quantitative estimate of drug-likeness (QED) is 0.770. The molecule has 130 valence electrons. The number of nitrogens with zero attached hydrogens (tertiary/aromatic N) is 1. The van der Waals surface area contributed by atoms with Crippen LogP contribution in [0.3, 0.4) is 0 Å². The maximum Gasteiger partial charge on any atom is 0.243 e. The van der Waals surface area contributed by atoms with Crippen LogP contribution in [0.1, 0.15) is 20.3 Å². The summed E-state index contributed by atoms with van der Waals surface area (Å²) in [5.41, 5.74) is 0. The Hall–Kier alpha value is -0.370. The zero-order valence-corrected chi connectivity index (χ0v) is 15.6. The molecule has 0 saturated carbocycles. The minimum atomic E-state index is -3.70. The van der Waals surface area contributed by atoms with Crippen molar-refractivity contribution in [1.82, 2.24) is 9.62 Å². The van der Waals surface area contributed by atoms with E-state index in [-0.39, 0.29) is 27.1 Å². The highest BCUT2D eigenvalue weighted by Gasteiger charge is 2.23. The third kappa shape index (κ3) is 5.31. The predicted molar refractivity (Wildman–Crippen MR) is 92.7 cm³/mol. The molecule has 0 amide bonds. The predicted octanol–water partition coefficient (Wildman–Crippen LogP) is 2.77. The molecule has 0 aromatic heterocycles. The average molecular weight is 381 g/mol. The smallest absolute Gasteiger partial charge is 0.243 e. The molecule has 0 bridgehead atoms. The van der Waals surface area contributed by atoms with Gasteiger partial charge in [0, 0.05) is 19.6 Å². The fraction of sp³-hybridized carbons (Fsp3) is 0.600. The molecular weight excluding hydrogens is 359 g/mol. The van der Waals surface area contributed by atoms with Gasteiger partial charge < -0.3 is 4.74 Å². The summed E-state index contributed by atoms with van der Waals surface area (Å²) in [5.74, 6) is 0. The number of morpholine rings is 1. The summed E-state index contributed by atoms with van der Waals surface area (Å²) in [6.07, 6.45) is 1.12. The van der Waals surface area contributed by atoms with Gasteiger partial charge in [0.1, 0.15) is 4.90 Å². The Morgan fingerprint density at radius 1 is 1.22 bits per heavy atom. The van der Waals surface area contributed by atoms with Crippen LogP contribution in [0.25, 0.3) is 0 Å². The number of hydrogen-bond acceptors (Lipinski definition) is 4. The molecule has 2 rings (SSSR count). The van der Waals surface area contributed by atoms with E-state index in [0.29, 0.717) is 13.0 Å². The Kier molecular flexibility index (Phi) is 6.71. The normalized spacial score (nSPS) is 23.1. The molecule has 1 N–H and O–H groups in total. The summed E-state index contributed by atoms with van der Waals surface area (Å²) in [6, 6.07) is 4.64. The van der Waals surface area contributed by atoms with E-state index in [1.54, 1.807) is 6.07 Å². The molecule has 0 spiro atoms. The van der Waals surface area contributed by atoms with Crippen LogP contribution in [0.4, 0.5) is 0 Å². The third-order valence-electron chi connectivity index (χ3n) is 3.63. The van der Waals surface area contributed by atoms with Gasteiger partial charge in [-0.25, -0.2) is 13.1 Å². The van der Waals surface area contributed by atoms with E-state index in [0.717, 1.165) is 19.6 Å². The van der Waals surface area contributed by atoms with Crippen LogP contribution in [0, 0.1) is 0 Å². The highest BCUT2D eigenvalue weighted by Crippen LogP contribution is 2.28. The van der Waals surface area contributed by atoms with E-state index in [2.05, 4.69) is 9.62 Å². The molecule has 1 aromatic carbocycles. The lowest BCUT2D eigenvalue weighted by Gasteiger charge is -2.35. The molecule has 23 heavy (non-hydrogen) atoms. The van der Waals surface area contributed by atoms with Gasteiger partial charge in [0.2, 0.25) is 10.0 Å². The summed E-state index contributed by atoms with van der Waals surface area (Å²) in [6.45, 7) is 6.98. The van der Waals surface area contributed by atoms with Crippen molar-refractivity contribution in [2.45, 2.75) is 37.4 Å². The Balaban J connectivity index is 1.86.